The first-order valence-electron chi connectivity index (χ1n) is 8.14. The van der Waals surface area contributed by atoms with Gasteiger partial charge in [0.25, 0.3) is 0 Å². The number of fused-ring (bicyclic) bond motifs is 1. The van der Waals surface area contributed by atoms with Crippen molar-refractivity contribution in [2.24, 2.45) is 0 Å². The summed E-state index contributed by atoms with van der Waals surface area (Å²) in [6.45, 7) is 3.33. The fourth-order valence-electron chi connectivity index (χ4n) is 3.09. The standard InChI is InChI=1S/C17H18N4O3S/c1-12(22)20-9-7-14(11-20)24-17-18-8-6-16(19-17)21-10-13-4-2-3-5-15(13)25(21)23/h2-6,8,14H,7,9-11H2,1H3. The van der Waals surface area contributed by atoms with E-state index in [-0.39, 0.29) is 18.0 Å². The lowest BCUT2D eigenvalue weighted by molar-refractivity contribution is -0.128. The molecular weight excluding hydrogens is 340 g/mol. The summed E-state index contributed by atoms with van der Waals surface area (Å²) in [5, 5.41) is 0. The first-order valence-corrected chi connectivity index (χ1v) is 9.25. The maximum Gasteiger partial charge on any atom is 0.318 e. The van der Waals surface area contributed by atoms with Gasteiger partial charge in [0.1, 0.15) is 17.5 Å². The Morgan fingerprint density at radius 2 is 2.20 bits per heavy atom. The number of benzene rings is 1. The molecule has 1 aromatic heterocycles. The molecule has 3 heterocycles. The van der Waals surface area contributed by atoms with Crippen LogP contribution in [0.15, 0.2) is 41.4 Å². The van der Waals surface area contributed by atoms with Crippen molar-refractivity contribution >= 4 is 23.1 Å². The lowest BCUT2D eigenvalue weighted by atomic mass is 10.2. The van der Waals surface area contributed by atoms with Gasteiger partial charge >= 0.3 is 6.01 Å². The van der Waals surface area contributed by atoms with Crippen LogP contribution in [0.2, 0.25) is 0 Å². The zero-order valence-corrected chi connectivity index (χ0v) is 14.6. The molecular formula is C17H18N4O3S. The van der Waals surface area contributed by atoms with Crippen molar-refractivity contribution in [3.05, 3.63) is 42.1 Å². The Labute approximate surface area is 148 Å². The molecule has 0 aliphatic carbocycles. The van der Waals surface area contributed by atoms with Crippen molar-refractivity contribution in [3.63, 3.8) is 0 Å². The minimum Gasteiger partial charge on any atom is -0.588 e. The lowest BCUT2D eigenvalue weighted by Gasteiger charge is -2.18. The molecule has 8 heteroatoms. The Kier molecular flexibility index (Phi) is 4.22. The number of rotatable bonds is 3. The maximum absolute atomic E-state index is 12.7. The summed E-state index contributed by atoms with van der Waals surface area (Å²) >= 11 is -1.28. The number of carbonyl (C=O) groups is 1. The normalized spacial score (nSPS) is 22.2. The molecule has 25 heavy (non-hydrogen) atoms. The average Bonchev–Trinajstić information content (AvgIpc) is 3.21. The number of anilines is 1. The molecule has 2 atom stereocenters. The van der Waals surface area contributed by atoms with E-state index < -0.39 is 11.4 Å². The molecule has 0 spiro atoms. The van der Waals surface area contributed by atoms with Gasteiger partial charge < -0.3 is 14.2 Å². The molecule has 0 saturated carbocycles. The molecule has 0 N–H and O–H groups in total. The second kappa shape index (κ2) is 6.53. The number of aromatic nitrogens is 2. The molecule has 1 aromatic carbocycles. The number of hydrogen-bond donors (Lipinski definition) is 0. The van der Waals surface area contributed by atoms with Gasteiger partial charge in [0.15, 0.2) is 10.7 Å². The molecule has 0 bridgehead atoms. The predicted octanol–water partition coefficient (Wildman–Crippen LogP) is 1.52. The zero-order valence-electron chi connectivity index (χ0n) is 13.8. The van der Waals surface area contributed by atoms with Crippen LogP contribution >= 0.6 is 0 Å². The van der Waals surface area contributed by atoms with Gasteiger partial charge in [0.2, 0.25) is 5.91 Å². The summed E-state index contributed by atoms with van der Waals surface area (Å²) in [6.07, 6.45) is 2.25. The van der Waals surface area contributed by atoms with Crippen LogP contribution in [0.4, 0.5) is 5.82 Å². The predicted molar refractivity (Wildman–Crippen MR) is 92.4 cm³/mol. The van der Waals surface area contributed by atoms with Crippen LogP contribution in [-0.2, 0) is 22.7 Å². The number of nitrogens with zero attached hydrogens (tertiary/aromatic N) is 4. The van der Waals surface area contributed by atoms with Crippen LogP contribution in [0.1, 0.15) is 18.9 Å². The first-order chi connectivity index (χ1) is 12.1. The van der Waals surface area contributed by atoms with Gasteiger partial charge in [-0.2, -0.15) is 9.29 Å². The molecule has 130 valence electrons. The highest BCUT2D eigenvalue weighted by molar-refractivity contribution is 7.93. The number of amides is 1. The van der Waals surface area contributed by atoms with Crippen LogP contribution < -0.4 is 9.04 Å². The summed E-state index contributed by atoms with van der Waals surface area (Å²) in [5.74, 6) is 0.618. The topological polar surface area (TPSA) is 81.6 Å². The van der Waals surface area contributed by atoms with Crippen molar-refractivity contribution in [2.75, 3.05) is 17.4 Å². The molecule has 4 rings (SSSR count). The van der Waals surface area contributed by atoms with E-state index in [0.29, 0.717) is 25.5 Å². The van der Waals surface area contributed by atoms with Crippen LogP contribution in [-0.4, -0.2) is 44.5 Å². The Morgan fingerprint density at radius 3 is 2.96 bits per heavy atom. The van der Waals surface area contributed by atoms with Gasteiger partial charge in [0, 0.05) is 37.7 Å². The third-order valence-electron chi connectivity index (χ3n) is 4.41. The van der Waals surface area contributed by atoms with E-state index in [1.54, 1.807) is 28.4 Å². The minimum absolute atomic E-state index is 0.0472. The second-order valence-electron chi connectivity index (χ2n) is 6.08. The lowest BCUT2D eigenvalue weighted by Crippen LogP contribution is -2.29. The summed E-state index contributed by atoms with van der Waals surface area (Å²) in [4.78, 5) is 22.6. The highest BCUT2D eigenvalue weighted by atomic mass is 32.2. The number of hydrogen-bond acceptors (Lipinski definition) is 6. The van der Waals surface area contributed by atoms with Crippen LogP contribution in [0.5, 0.6) is 6.01 Å². The Morgan fingerprint density at radius 1 is 1.36 bits per heavy atom. The van der Waals surface area contributed by atoms with Crippen molar-refractivity contribution in [1.82, 2.24) is 14.9 Å². The average molecular weight is 358 g/mol. The third kappa shape index (κ3) is 3.14. The quantitative estimate of drug-likeness (QED) is 0.774. The largest absolute Gasteiger partial charge is 0.588 e. The SMILES string of the molecule is CC(=O)N1CCC(Oc2nccc(N3Cc4ccccc4[S+]3[O-])n2)C1. The summed E-state index contributed by atoms with van der Waals surface area (Å²) in [7, 11) is 0. The fourth-order valence-corrected chi connectivity index (χ4v) is 4.41. The minimum atomic E-state index is -1.28. The fraction of sp³-hybridized carbons (Fsp3) is 0.353. The van der Waals surface area contributed by atoms with E-state index in [1.807, 2.05) is 24.3 Å². The highest BCUT2D eigenvalue weighted by Crippen LogP contribution is 2.33. The Balaban J connectivity index is 1.49. The molecule has 1 amide bonds. The monoisotopic (exact) mass is 358 g/mol. The van der Waals surface area contributed by atoms with Crippen LogP contribution in [0.25, 0.3) is 0 Å². The van der Waals surface area contributed by atoms with Gasteiger partial charge in [-0.3, -0.25) is 4.79 Å². The van der Waals surface area contributed by atoms with Gasteiger partial charge in [-0.25, -0.2) is 4.98 Å². The molecule has 1 fully saturated rings. The second-order valence-corrected chi connectivity index (χ2v) is 7.46. The Bertz CT molecular complexity index is 803. The van der Waals surface area contributed by atoms with E-state index >= 15 is 0 Å². The van der Waals surface area contributed by atoms with Crippen molar-refractivity contribution in [1.29, 1.82) is 0 Å². The first kappa shape index (κ1) is 16.2. The van der Waals surface area contributed by atoms with Crippen molar-refractivity contribution in [2.45, 2.75) is 30.9 Å². The molecule has 1 saturated heterocycles. The van der Waals surface area contributed by atoms with Crippen LogP contribution in [0.3, 0.4) is 0 Å². The number of carbonyl (C=O) groups excluding carboxylic acids is 1. The molecule has 2 unspecified atom stereocenters. The van der Waals surface area contributed by atoms with Gasteiger partial charge in [-0.15, -0.1) is 0 Å². The zero-order chi connectivity index (χ0) is 17.4. The number of likely N-dealkylation sites (tertiary alicyclic amines) is 1. The van der Waals surface area contributed by atoms with Gasteiger partial charge in [-0.05, 0) is 6.07 Å². The van der Waals surface area contributed by atoms with Gasteiger partial charge in [0.05, 0.1) is 13.1 Å². The smallest absolute Gasteiger partial charge is 0.318 e. The van der Waals surface area contributed by atoms with Crippen molar-refractivity contribution < 1.29 is 14.1 Å². The molecule has 7 nitrogen and oxygen atoms in total. The summed E-state index contributed by atoms with van der Waals surface area (Å²) < 4.78 is 20.2. The maximum atomic E-state index is 12.7. The summed E-state index contributed by atoms with van der Waals surface area (Å²) in [5.41, 5.74) is 1.04. The van der Waals surface area contributed by atoms with Crippen molar-refractivity contribution in [3.8, 4) is 6.01 Å². The molecule has 2 aromatic rings. The Hall–Kier alpha value is -2.32. The van der Waals surface area contributed by atoms with E-state index in [2.05, 4.69) is 9.97 Å². The third-order valence-corrected chi connectivity index (χ3v) is 5.90. The van der Waals surface area contributed by atoms with E-state index in [4.69, 9.17) is 4.74 Å². The van der Waals surface area contributed by atoms with Gasteiger partial charge in [-0.1, -0.05) is 18.2 Å². The molecule has 2 aliphatic heterocycles. The molecule has 2 aliphatic rings. The summed E-state index contributed by atoms with van der Waals surface area (Å²) in [6, 6.07) is 9.65. The van der Waals surface area contributed by atoms with E-state index in [9.17, 15) is 9.35 Å². The molecule has 0 radical (unpaired) electrons. The number of ether oxygens (including phenoxy) is 1. The van der Waals surface area contributed by atoms with Crippen LogP contribution in [0, 0.1) is 0 Å². The van der Waals surface area contributed by atoms with E-state index in [0.717, 1.165) is 16.9 Å². The highest BCUT2D eigenvalue weighted by Gasteiger charge is 2.35. The van der Waals surface area contributed by atoms with E-state index in [1.165, 1.54) is 0 Å².